The third-order valence-electron chi connectivity index (χ3n) is 6.21. The van der Waals surface area contributed by atoms with E-state index in [9.17, 15) is 18.0 Å². The first-order valence-electron chi connectivity index (χ1n) is 10.3. The van der Waals surface area contributed by atoms with Crippen LogP contribution < -0.4 is 11.1 Å². The smallest absolute Gasteiger partial charge is 0.366 e. The van der Waals surface area contributed by atoms with Gasteiger partial charge in [0.25, 0.3) is 0 Å². The Morgan fingerprint density at radius 1 is 1.10 bits per heavy atom. The zero-order chi connectivity index (χ0) is 21.5. The first-order valence-corrected chi connectivity index (χ1v) is 10.3. The summed E-state index contributed by atoms with van der Waals surface area (Å²) in [5, 5.41) is 3.55. The Balaban J connectivity index is 1.70. The number of primary amides is 1. The lowest BCUT2D eigenvalue weighted by Gasteiger charge is -2.30. The van der Waals surface area contributed by atoms with Crippen LogP contribution in [-0.2, 0) is 6.18 Å². The van der Waals surface area contributed by atoms with E-state index in [2.05, 4.69) is 17.3 Å². The Hall–Kier alpha value is -2.38. The molecule has 4 nitrogen and oxygen atoms in total. The first kappa shape index (κ1) is 20.9. The fraction of sp³-hybridized carbons (Fsp3) is 0.435. The Morgan fingerprint density at radius 2 is 1.77 bits per heavy atom. The highest BCUT2D eigenvalue weighted by molar-refractivity contribution is 6.01. The van der Waals surface area contributed by atoms with Crippen LogP contribution in [0.15, 0.2) is 42.5 Å². The predicted molar refractivity (Wildman–Crippen MR) is 110 cm³/mol. The van der Waals surface area contributed by atoms with Crippen molar-refractivity contribution in [3.8, 4) is 11.1 Å². The average Bonchev–Trinajstić information content (AvgIpc) is 3.47. The largest absolute Gasteiger partial charge is 0.417 e. The maximum absolute atomic E-state index is 14.3. The molecule has 2 aliphatic rings. The van der Waals surface area contributed by atoms with E-state index in [1.807, 2.05) is 0 Å². The standard InChI is InChI=1S/C23H26F3N3O/c1-29-11-9-15(10-12-29)28-19-13-18(19)16-7-8-17(22(27)30)20(21(16)23(24,25)26)14-5-3-2-4-6-14/h2-8,15,18-19,28H,9-13H2,1H3,(H2,27,30). The van der Waals surface area contributed by atoms with Gasteiger partial charge in [0.15, 0.2) is 0 Å². The van der Waals surface area contributed by atoms with E-state index in [1.165, 1.54) is 12.1 Å². The summed E-state index contributed by atoms with van der Waals surface area (Å²) in [7, 11) is 2.08. The Morgan fingerprint density at radius 3 is 2.37 bits per heavy atom. The molecule has 2 unspecified atom stereocenters. The maximum atomic E-state index is 14.3. The van der Waals surface area contributed by atoms with Crippen LogP contribution in [0.5, 0.6) is 0 Å². The van der Waals surface area contributed by atoms with Crippen molar-refractivity contribution in [1.29, 1.82) is 0 Å². The summed E-state index contributed by atoms with van der Waals surface area (Å²) in [6, 6.07) is 11.5. The molecule has 1 saturated heterocycles. The van der Waals surface area contributed by atoms with Gasteiger partial charge in [0.1, 0.15) is 0 Å². The number of nitrogens with one attached hydrogen (secondary N) is 1. The number of rotatable bonds is 5. The van der Waals surface area contributed by atoms with Crippen molar-refractivity contribution in [2.75, 3.05) is 20.1 Å². The molecule has 30 heavy (non-hydrogen) atoms. The molecule has 2 fully saturated rings. The van der Waals surface area contributed by atoms with Gasteiger partial charge in [-0.15, -0.1) is 0 Å². The molecule has 2 aromatic rings. The molecule has 2 atom stereocenters. The highest BCUT2D eigenvalue weighted by Gasteiger charge is 2.47. The minimum atomic E-state index is -4.59. The zero-order valence-electron chi connectivity index (χ0n) is 16.9. The van der Waals surface area contributed by atoms with Crippen molar-refractivity contribution >= 4 is 5.91 Å². The summed E-state index contributed by atoms with van der Waals surface area (Å²) in [5.74, 6) is -1.08. The molecule has 0 bridgehead atoms. The van der Waals surface area contributed by atoms with Crippen molar-refractivity contribution in [3.63, 3.8) is 0 Å². The van der Waals surface area contributed by atoms with Crippen LogP contribution in [0, 0.1) is 0 Å². The number of carbonyl (C=O) groups excluding carboxylic acids is 1. The lowest BCUT2D eigenvalue weighted by Crippen LogP contribution is -2.42. The monoisotopic (exact) mass is 417 g/mol. The van der Waals surface area contributed by atoms with Crippen LogP contribution in [0.1, 0.15) is 46.7 Å². The number of alkyl halides is 3. The van der Waals surface area contributed by atoms with Gasteiger partial charge in [-0.2, -0.15) is 13.2 Å². The van der Waals surface area contributed by atoms with Crippen LogP contribution in [-0.4, -0.2) is 43.0 Å². The minimum absolute atomic E-state index is 0.0301. The van der Waals surface area contributed by atoms with Crippen molar-refractivity contribution in [1.82, 2.24) is 10.2 Å². The first-order chi connectivity index (χ1) is 14.3. The second-order valence-corrected chi connectivity index (χ2v) is 8.37. The molecule has 7 heteroatoms. The average molecular weight is 417 g/mol. The molecule has 1 aliphatic carbocycles. The summed E-state index contributed by atoms with van der Waals surface area (Å²) in [6.45, 7) is 1.99. The number of amides is 1. The molecular formula is C23H26F3N3O. The highest BCUT2D eigenvalue weighted by atomic mass is 19.4. The van der Waals surface area contributed by atoms with E-state index < -0.39 is 17.6 Å². The number of halogens is 3. The van der Waals surface area contributed by atoms with Gasteiger partial charge in [0.05, 0.1) is 5.56 Å². The SMILES string of the molecule is CN1CCC(NC2CC2c2ccc(C(N)=O)c(-c3ccccc3)c2C(F)(F)F)CC1. The van der Waals surface area contributed by atoms with Gasteiger partial charge in [-0.1, -0.05) is 36.4 Å². The summed E-state index contributed by atoms with van der Waals surface area (Å²) >= 11 is 0. The van der Waals surface area contributed by atoms with E-state index in [0.29, 0.717) is 18.0 Å². The van der Waals surface area contributed by atoms with Gasteiger partial charge in [-0.3, -0.25) is 4.79 Å². The topological polar surface area (TPSA) is 58.4 Å². The van der Waals surface area contributed by atoms with Gasteiger partial charge in [-0.25, -0.2) is 0 Å². The molecule has 1 saturated carbocycles. The Kier molecular flexibility index (Phi) is 5.59. The van der Waals surface area contributed by atoms with Gasteiger partial charge >= 0.3 is 6.18 Å². The highest BCUT2D eigenvalue weighted by Crippen LogP contribution is 2.50. The van der Waals surface area contributed by atoms with Gasteiger partial charge in [-0.05, 0) is 56.6 Å². The molecule has 2 aromatic carbocycles. The maximum Gasteiger partial charge on any atom is 0.417 e. The van der Waals surface area contributed by atoms with E-state index in [4.69, 9.17) is 5.73 Å². The van der Waals surface area contributed by atoms with Crippen LogP contribution in [0.3, 0.4) is 0 Å². The van der Waals surface area contributed by atoms with Crippen molar-refractivity contribution in [2.24, 2.45) is 5.73 Å². The predicted octanol–water partition coefficient (Wildman–Crippen LogP) is 4.01. The number of carbonyl (C=O) groups is 1. The zero-order valence-corrected chi connectivity index (χ0v) is 16.9. The fourth-order valence-corrected chi connectivity index (χ4v) is 4.54. The van der Waals surface area contributed by atoms with Crippen LogP contribution in [0.4, 0.5) is 13.2 Å². The molecule has 0 spiro atoms. The summed E-state index contributed by atoms with van der Waals surface area (Å²) < 4.78 is 42.8. The molecule has 160 valence electrons. The lowest BCUT2D eigenvalue weighted by molar-refractivity contribution is -0.137. The Labute approximate surface area is 174 Å². The molecule has 0 aromatic heterocycles. The minimum Gasteiger partial charge on any atom is -0.366 e. The second kappa shape index (κ2) is 8.04. The molecule has 0 radical (unpaired) electrons. The van der Waals surface area contributed by atoms with Crippen molar-refractivity contribution < 1.29 is 18.0 Å². The molecule has 1 heterocycles. The molecule has 1 amide bonds. The number of nitrogens with zero attached hydrogens (tertiary/aromatic N) is 1. The normalized spacial score (nSPS) is 22.8. The molecule has 1 aliphatic heterocycles. The van der Waals surface area contributed by atoms with Gasteiger partial charge < -0.3 is 16.0 Å². The van der Waals surface area contributed by atoms with Gasteiger partial charge in [0, 0.05) is 29.1 Å². The van der Waals surface area contributed by atoms with E-state index in [-0.39, 0.29) is 28.7 Å². The Bertz CT molecular complexity index is 921. The van der Waals surface area contributed by atoms with Crippen LogP contribution in [0.25, 0.3) is 11.1 Å². The number of hydrogen-bond acceptors (Lipinski definition) is 3. The van der Waals surface area contributed by atoms with E-state index >= 15 is 0 Å². The van der Waals surface area contributed by atoms with Crippen molar-refractivity contribution in [2.45, 2.75) is 43.4 Å². The number of benzene rings is 2. The number of hydrogen-bond donors (Lipinski definition) is 2. The third kappa shape index (κ3) is 4.23. The number of likely N-dealkylation sites (tertiary alicyclic amines) is 1. The second-order valence-electron chi connectivity index (χ2n) is 8.37. The van der Waals surface area contributed by atoms with E-state index in [1.54, 1.807) is 30.3 Å². The number of piperidine rings is 1. The number of nitrogens with two attached hydrogens (primary N) is 1. The fourth-order valence-electron chi connectivity index (χ4n) is 4.54. The molecule has 3 N–H and O–H groups in total. The summed E-state index contributed by atoms with van der Waals surface area (Å²) in [6.07, 6.45) is -1.92. The van der Waals surface area contributed by atoms with E-state index in [0.717, 1.165) is 25.9 Å². The molecule has 4 rings (SSSR count). The van der Waals surface area contributed by atoms with Crippen molar-refractivity contribution in [3.05, 3.63) is 59.2 Å². The molecular weight excluding hydrogens is 391 g/mol. The van der Waals surface area contributed by atoms with Crippen LogP contribution >= 0.6 is 0 Å². The third-order valence-corrected chi connectivity index (χ3v) is 6.21. The van der Waals surface area contributed by atoms with Gasteiger partial charge in [0.2, 0.25) is 5.91 Å². The summed E-state index contributed by atoms with van der Waals surface area (Å²) in [4.78, 5) is 14.2. The van der Waals surface area contributed by atoms with Crippen LogP contribution in [0.2, 0.25) is 0 Å². The quantitative estimate of drug-likeness (QED) is 0.773. The summed E-state index contributed by atoms with van der Waals surface area (Å²) in [5.41, 5.74) is 5.09. The lowest BCUT2D eigenvalue weighted by atomic mass is 9.88.